The summed E-state index contributed by atoms with van der Waals surface area (Å²) in [7, 11) is 0. The minimum atomic E-state index is -0.512. The first-order valence-corrected chi connectivity index (χ1v) is 5.95. The molecule has 0 spiro atoms. The summed E-state index contributed by atoms with van der Waals surface area (Å²) < 4.78 is 0. The number of nitrogens with two attached hydrogens (primary N) is 1. The monoisotopic (exact) mass is 195 g/mol. The van der Waals surface area contributed by atoms with Gasteiger partial charge < -0.3 is 5.73 Å². The van der Waals surface area contributed by atoms with E-state index in [4.69, 9.17) is 5.73 Å². The van der Waals surface area contributed by atoms with Gasteiger partial charge in [-0.15, -0.1) is 0 Å². The lowest BCUT2D eigenvalue weighted by Gasteiger charge is -2.30. The second-order valence-corrected chi connectivity index (χ2v) is 5.26. The van der Waals surface area contributed by atoms with E-state index in [1.54, 1.807) is 0 Å². The van der Waals surface area contributed by atoms with Gasteiger partial charge in [-0.3, -0.25) is 4.79 Å². The van der Waals surface area contributed by atoms with Gasteiger partial charge in [-0.1, -0.05) is 19.3 Å². The van der Waals surface area contributed by atoms with E-state index in [1.165, 1.54) is 19.3 Å². The lowest BCUT2D eigenvalue weighted by Crippen LogP contribution is -2.50. The summed E-state index contributed by atoms with van der Waals surface area (Å²) in [5.41, 5.74) is 5.63. The highest BCUT2D eigenvalue weighted by molar-refractivity contribution is 5.90. The third-order valence-corrected chi connectivity index (χ3v) is 3.93. The van der Waals surface area contributed by atoms with Crippen LogP contribution in [0.1, 0.15) is 51.9 Å². The van der Waals surface area contributed by atoms with E-state index in [9.17, 15) is 4.79 Å². The number of carbonyl (C=O) groups excluding carboxylic acids is 1. The molecule has 0 bridgehead atoms. The number of hydrogen-bond donors (Lipinski definition) is 1. The molecule has 2 rings (SSSR count). The summed E-state index contributed by atoms with van der Waals surface area (Å²) in [4.78, 5) is 12.2. The molecule has 2 aliphatic carbocycles. The van der Waals surface area contributed by atoms with Gasteiger partial charge in [0.05, 0.1) is 5.54 Å². The topological polar surface area (TPSA) is 43.1 Å². The van der Waals surface area contributed by atoms with E-state index in [0.717, 1.165) is 25.7 Å². The Kier molecular flexibility index (Phi) is 2.65. The maximum Gasteiger partial charge on any atom is 0.155 e. The molecule has 0 aliphatic heterocycles. The van der Waals surface area contributed by atoms with Crippen molar-refractivity contribution in [1.82, 2.24) is 0 Å². The molecule has 0 radical (unpaired) electrons. The number of rotatable bonds is 3. The molecular formula is C12H21NO. The Bertz CT molecular complexity index is 224. The predicted octanol–water partition coefficient (Wildman–Crippen LogP) is 2.26. The SMILES string of the molecule is CC(N)(C(=O)C1CCCCC1)C1CC1. The van der Waals surface area contributed by atoms with Gasteiger partial charge >= 0.3 is 0 Å². The molecule has 0 saturated heterocycles. The van der Waals surface area contributed by atoms with E-state index in [0.29, 0.717) is 11.7 Å². The Morgan fingerprint density at radius 3 is 2.21 bits per heavy atom. The third kappa shape index (κ3) is 1.85. The quantitative estimate of drug-likeness (QED) is 0.750. The molecule has 2 nitrogen and oxygen atoms in total. The van der Waals surface area contributed by atoms with Crippen LogP contribution in [0.15, 0.2) is 0 Å². The fourth-order valence-electron chi connectivity index (χ4n) is 2.69. The highest BCUT2D eigenvalue weighted by Crippen LogP contribution is 2.41. The van der Waals surface area contributed by atoms with E-state index in [1.807, 2.05) is 6.92 Å². The molecular weight excluding hydrogens is 174 g/mol. The van der Waals surface area contributed by atoms with E-state index >= 15 is 0 Å². The fraction of sp³-hybridized carbons (Fsp3) is 0.917. The second kappa shape index (κ2) is 3.65. The summed E-state index contributed by atoms with van der Waals surface area (Å²) in [6.07, 6.45) is 8.22. The second-order valence-electron chi connectivity index (χ2n) is 5.26. The summed E-state index contributed by atoms with van der Waals surface area (Å²) >= 11 is 0. The molecule has 0 aromatic carbocycles. The minimum Gasteiger partial charge on any atom is -0.319 e. The van der Waals surface area contributed by atoms with Crippen molar-refractivity contribution < 1.29 is 4.79 Å². The molecule has 2 fully saturated rings. The van der Waals surface area contributed by atoms with E-state index in [-0.39, 0.29) is 5.92 Å². The molecule has 14 heavy (non-hydrogen) atoms. The molecule has 2 aliphatic rings. The van der Waals surface area contributed by atoms with Crippen LogP contribution in [-0.4, -0.2) is 11.3 Å². The number of hydrogen-bond acceptors (Lipinski definition) is 2. The Balaban J connectivity index is 1.98. The molecule has 2 N–H and O–H groups in total. The zero-order valence-electron chi connectivity index (χ0n) is 9.09. The first-order chi connectivity index (χ1) is 6.62. The average Bonchev–Trinajstić information content (AvgIpc) is 3.01. The Morgan fingerprint density at radius 2 is 1.71 bits per heavy atom. The third-order valence-electron chi connectivity index (χ3n) is 3.93. The zero-order chi connectivity index (χ0) is 10.2. The van der Waals surface area contributed by atoms with Gasteiger partial charge in [0.1, 0.15) is 0 Å². The summed E-state index contributed by atoms with van der Waals surface area (Å²) in [5, 5.41) is 0. The van der Waals surface area contributed by atoms with Gasteiger partial charge in [0.15, 0.2) is 5.78 Å². The van der Waals surface area contributed by atoms with Gasteiger partial charge in [0.2, 0.25) is 0 Å². The average molecular weight is 195 g/mol. The number of Topliss-reactive ketones (excluding diaryl/α,β-unsaturated/α-hetero) is 1. The van der Waals surface area contributed by atoms with Crippen LogP contribution in [0.25, 0.3) is 0 Å². The molecule has 2 saturated carbocycles. The Morgan fingerprint density at radius 1 is 1.14 bits per heavy atom. The van der Waals surface area contributed by atoms with Crippen LogP contribution in [0.3, 0.4) is 0 Å². The van der Waals surface area contributed by atoms with Crippen LogP contribution in [0.2, 0.25) is 0 Å². The first-order valence-electron chi connectivity index (χ1n) is 5.95. The van der Waals surface area contributed by atoms with Crippen molar-refractivity contribution in [2.45, 2.75) is 57.4 Å². The highest BCUT2D eigenvalue weighted by atomic mass is 16.1. The summed E-state index contributed by atoms with van der Waals surface area (Å²) in [5.74, 6) is 1.11. The first kappa shape index (κ1) is 10.2. The molecule has 1 atom stereocenters. The van der Waals surface area contributed by atoms with Crippen molar-refractivity contribution in [3.05, 3.63) is 0 Å². The van der Waals surface area contributed by atoms with E-state index in [2.05, 4.69) is 0 Å². The van der Waals surface area contributed by atoms with Crippen LogP contribution >= 0.6 is 0 Å². The van der Waals surface area contributed by atoms with Gasteiger partial charge in [0, 0.05) is 5.92 Å². The summed E-state index contributed by atoms with van der Waals surface area (Å²) in [6, 6.07) is 0. The highest BCUT2D eigenvalue weighted by Gasteiger charge is 2.45. The van der Waals surface area contributed by atoms with Crippen LogP contribution < -0.4 is 5.73 Å². The molecule has 2 heteroatoms. The molecule has 80 valence electrons. The van der Waals surface area contributed by atoms with Gasteiger partial charge in [-0.25, -0.2) is 0 Å². The van der Waals surface area contributed by atoms with Crippen LogP contribution in [0, 0.1) is 11.8 Å². The Labute approximate surface area is 86.2 Å². The maximum absolute atomic E-state index is 12.2. The molecule has 1 unspecified atom stereocenters. The molecule has 0 amide bonds. The molecule has 0 heterocycles. The number of carbonyl (C=O) groups is 1. The summed E-state index contributed by atoms with van der Waals surface area (Å²) in [6.45, 7) is 1.95. The van der Waals surface area contributed by atoms with Crippen LogP contribution in [0.5, 0.6) is 0 Å². The maximum atomic E-state index is 12.2. The Hall–Kier alpha value is -0.370. The lowest BCUT2D eigenvalue weighted by molar-refractivity contribution is -0.129. The van der Waals surface area contributed by atoms with Crippen LogP contribution in [0.4, 0.5) is 0 Å². The van der Waals surface area contributed by atoms with Crippen molar-refractivity contribution in [3.8, 4) is 0 Å². The molecule has 0 aromatic rings. The van der Waals surface area contributed by atoms with E-state index < -0.39 is 5.54 Å². The normalized spacial score (nSPS) is 28.4. The van der Waals surface area contributed by atoms with Crippen molar-refractivity contribution >= 4 is 5.78 Å². The lowest BCUT2D eigenvalue weighted by atomic mass is 9.77. The van der Waals surface area contributed by atoms with Crippen molar-refractivity contribution in [3.63, 3.8) is 0 Å². The smallest absolute Gasteiger partial charge is 0.155 e. The van der Waals surface area contributed by atoms with Gasteiger partial charge in [0.25, 0.3) is 0 Å². The minimum absolute atomic E-state index is 0.277. The standard InChI is InChI=1S/C12H21NO/c1-12(13,10-7-8-10)11(14)9-5-3-2-4-6-9/h9-10H,2-8,13H2,1H3. The number of ketones is 1. The van der Waals surface area contributed by atoms with Crippen molar-refractivity contribution in [2.24, 2.45) is 17.6 Å². The molecule has 0 aromatic heterocycles. The zero-order valence-corrected chi connectivity index (χ0v) is 9.09. The predicted molar refractivity (Wildman–Crippen MR) is 56.9 cm³/mol. The largest absolute Gasteiger partial charge is 0.319 e. The van der Waals surface area contributed by atoms with Crippen molar-refractivity contribution in [2.75, 3.05) is 0 Å². The van der Waals surface area contributed by atoms with Gasteiger partial charge in [-0.05, 0) is 38.5 Å². The van der Waals surface area contributed by atoms with Gasteiger partial charge in [-0.2, -0.15) is 0 Å². The fourth-order valence-corrected chi connectivity index (χ4v) is 2.69. The van der Waals surface area contributed by atoms with Crippen LogP contribution in [-0.2, 0) is 4.79 Å². The van der Waals surface area contributed by atoms with Crippen molar-refractivity contribution in [1.29, 1.82) is 0 Å².